The first-order valence-electron chi connectivity index (χ1n) is 7.93. The quantitative estimate of drug-likeness (QED) is 0.841. The molecule has 2 aromatic rings. The molecular weight excluding hydrogens is 376 g/mol. The summed E-state index contributed by atoms with van der Waals surface area (Å²) in [5.41, 5.74) is 2.52. The normalized spacial score (nSPS) is 15.7. The second kappa shape index (κ2) is 7.52. The molecule has 1 saturated heterocycles. The van der Waals surface area contributed by atoms with Crippen LogP contribution >= 0.6 is 11.3 Å². The van der Waals surface area contributed by atoms with Gasteiger partial charge in [-0.1, -0.05) is 0 Å². The Kier molecular flexibility index (Phi) is 5.35. The van der Waals surface area contributed by atoms with Crippen molar-refractivity contribution in [2.24, 2.45) is 0 Å². The first kappa shape index (κ1) is 18.5. The van der Waals surface area contributed by atoms with Crippen LogP contribution in [0.4, 0.5) is 5.69 Å². The van der Waals surface area contributed by atoms with Crippen molar-refractivity contribution < 1.29 is 18.0 Å². The maximum atomic E-state index is 12.8. The van der Waals surface area contributed by atoms with Gasteiger partial charge in [0.2, 0.25) is 15.9 Å². The highest BCUT2D eigenvalue weighted by Crippen LogP contribution is 2.20. The lowest BCUT2D eigenvalue weighted by Crippen LogP contribution is -2.50. The summed E-state index contributed by atoms with van der Waals surface area (Å²) >= 11 is 1.35. The number of carbonyl (C=O) groups excluding carboxylic acids is 2. The molecule has 1 aromatic heterocycles. The van der Waals surface area contributed by atoms with Crippen LogP contribution in [0.3, 0.4) is 0 Å². The Balaban J connectivity index is 1.66. The molecule has 0 aliphatic carbocycles. The second-order valence-electron chi connectivity index (χ2n) is 5.78. The fourth-order valence-corrected chi connectivity index (χ4v) is 4.62. The third kappa shape index (κ3) is 3.92. The van der Waals surface area contributed by atoms with E-state index in [1.54, 1.807) is 27.9 Å². The van der Waals surface area contributed by atoms with Crippen molar-refractivity contribution in [3.05, 3.63) is 40.8 Å². The van der Waals surface area contributed by atoms with Crippen LogP contribution in [0.1, 0.15) is 17.4 Å². The molecule has 0 bridgehead atoms. The number of sulfonamides is 1. The van der Waals surface area contributed by atoms with E-state index in [9.17, 15) is 18.0 Å². The zero-order chi connectivity index (χ0) is 18.7. The number of piperazine rings is 1. The standard InChI is InChI=1S/C16H18N4O4S2/c1-12(21)18-13-2-4-14(5-3-13)26(23,24)20-8-6-19(7-9-20)16(22)15-10-25-11-17-15/h2-5,10-11H,6-9H2,1H3,(H,18,21). The monoisotopic (exact) mass is 394 g/mol. The van der Waals surface area contributed by atoms with E-state index in [-0.39, 0.29) is 29.8 Å². The molecule has 0 radical (unpaired) electrons. The fraction of sp³-hybridized carbons (Fsp3) is 0.312. The van der Waals surface area contributed by atoms with Crippen LogP contribution in [0.5, 0.6) is 0 Å². The highest BCUT2D eigenvalue weighted by molar-refractivity contribution is 7.89. The van der Waals surface area contributed by atoms with E-state index in [4.69, 9.17) is 0 Å². The molecule has 8 nitrogen and oxygen atoms in total. The molecule has 1 fully saturated rings. The molecule has 1 N–H and O–H groups in total. The van der Waals surface area contributed by atoms with Gasteiger partial charge in [0, 0.05) is 44.2 Å². The summed E-state index contributed by atoms with van der Waals surface area (Å²) in [5.74, 6) is -0.399. The number of hydrogen-bond acceptors (Lipinski definition) is 6. The third-order valence-electron chi connectivity index (χ3n) is 3.99. The number of aromatic nitrogens is 1. The fourth-order valence-electron chi connectivity index (χ4n) is 2.67. The van der Waals surface area contributed by atoms with Gasteiger partial charge in [-0.05, 0) is 24.3 Å². The number of amides is 2. The molecule has 0 saturated carbocycles. The zero-order valence-electron chi connectivity index (χ0n) is 14.1. The van der Waals surface area contributed by atoms with Crippen LogP contribution in [0, 0.1) is 0 Å². The Morgan fingerprint density at radius 3 is 2.31 bits per heavy atom. The molecule has 1 aliphatic rings. The molecule has 0 spiro atoms. The first-order valence-corrected chi connectivity index (χ1v) is 10.3. The summed E-state index contributed by atoms with van der Waals surface area (Å²) in [4.78, 5) is 29.1. The molecule has 0 atom stereocenters. The molecule has 3 rings (SSSR count). The van der Waals surface area contributed by atoms with Crippen molar-refractivity contribution in [2.75, 3.05) is 31.5 Å². The number of rotatable bonds is 4. The summed E-state index contributed by atoms with van der Waals surface area (Å²) < 4.78 is 26.9. The molecular formula is C16H18N4O4S2. The van der Waals surface area contributed by atoms with Crippen molar-refractivity contribution in [1.29, 1.82) is 0 Å². The number of carbonyl (C=O) groups is 2. The maximum absolute atomic E-state index is 12.8. The van der Waals surface area contributed by atoms with Gasteiger partial charge in [0.05, 0.1) is 10.4 Å². The van der Waals surface area contributed by atoms with Crippen LogP contribution < -0.4 is 5.32 Å². The Hall–Kier alpha value is -2.30. The van der Waals surface area contributed by atoms with Crippen molar-refractivity contribution >= 4 is 38.9 Å². The molecule has 2 heterocycles. The number of hydrogen-bond donors (Lipinski definition) is 1. The Morgan fingerprint density at radius 1 is 1.12 bits per heavy atom. The number of benzene rings is 1. The van der Waals surface area contributed by atoms with E-state index in [0.717, 1.165) is 0 Å². The molecule has 1 aromatic carbocycles. The van der Waals surface area contributed by atoms with Gasteiger partial charge in [-0.3, -0.25) is 9.59 Å². The first-order chi connectivity index (χ1) is 12.4. The minimum atomic E-state index is -3.64. The van der Waals surface area contributed by atoms with Gasteiger partial charge in [0.15, 0.2) is 0 Å². The molecule has 10 heteroatoms. The van der Waals surface area contributed by atoms with Crippen LogP contribution in [0.25, 0.3) is 0 Å². The number of anilines is 1. The third-order valence-corrected chi connectivity index (χ3v) is 6.49. The van der Waals surface area contributed by atoms with E-state index >= 15 is 0 Å². The largest absolute Gasteiger partial charge is 0.335 e. The maximum Gasteiger partial charge on any atom is 0.273 e. The van der Waals surface area contributed by atoms with Gasteiger partial charge in [-0.25, -0.2) is 13.4 Å². The Morgan fingerprint density at radius 2 is 1.77 bits per heavy atom. The Bertz CT molecular complexity index is 887. The van der Waals surface area contributed by atoms with Crippen LogP contribution in [0.2, 0.25) is 0 Å². The summed E-state index contributed by atoms with van der Waals surface area (Å²) in [5, 5.41) is 4.28. The van der Waals surface area contributed by atoms with Gasteiger partial charge in [-0.2, -0.15) is 4.31 Å². The molecule has 0 unspecified atom stereocenters. The number of thiazole rings is 1. The smallest absolute Gasteiger partial charge is 0.273 e. The average molecular weight is 394 g/mol. The van der Waals surface area contributed by atoms with Gasteiger partial charge in [0.1, 0.15) is 5.69 Å². The van der Waals surface area contributed by atoms with E-state index in [0.29, 0.717) is 24.5 Å². The van der Waals surface area contributed by atoms with Crippen LogP contribution in [0.15, 0.2) is 40.1 Å². The van der Waals surface area contributed by atoms with E-state index in [2.05, 4.69) is 10.3 Å². The minimum Gasteiger partial charge on any atom is -0.335 e. The highest BCUT2D eigenvalue weighted by atomic mass is 32.2. The van der Waals surface area contributed by atoms with Crippen LogP contribution in [-0.2, 0) is 14.8 Å². The van der Waals surface area contributed by atoms with Crippen molar-refractivity contribution in [3.8, 4) is 0 Å². The molecule has 26 heavy (non-hydrogen) atoms. The van der Waals surface area contributed by atoms with Gasteiger partial charge in [-0.15, -0.1) is 11.3 Å². The lowest BCUT2D eigenvalue weighted by molar-refractivity contribution is -0.114. The summed E-state index contributed by atoms with van der Waals surface area (Å²) in [6.07, 6.45) is 0. The minimum absolute atomic E-state index is 0.158. The predicted molar refractivity (Wildman–Crippen MR) is 97.5 cm³/mol. The lowest BCUT2D eigenvalue weighted by atomic mass is 10.3. The van der Waals surface area contributed by atoms with Crippen molar-refractivity contribution in [3.63, 3.8) is 0 Å². The van der Waals surface area contributed by atoms with Crippen molar-refractivity contribution in [1.82, 2.24) is 14.2 Å². The lowest BCUT2D eigenvalue weighted by Gasteiger charge is -2.33. The Labute approximate surface area is 155 Å². The number of nitrogens with zero attached hydrogens (tertiary/aromatic N) is 3. The summed E-state index contributed by atoms with van der Waals surface area (Å²) in [7, 11) is -3.64. The number of nitrogens with one attached hydrogen (secondary N) is 1. The van der Waals surface area contributed by atoms with Gasteiger partial charge < -0.3 is 10.2 Å². The highest BCUT2D eigenvalue weighted by Gasteiger charge is 2.30. The summed E-state index contributed by atoms with van der Waals surface area (Å²) in [6, 6.07) is 6.04. The average Bonchev–Trinajstić information content (AvgIpc) is 3.16. The van der Waals surface area contributed by atoms with E-state index < -0.39 is 10.0 Å². The van der Waals surface area contributed by atoms with E-state index in [1.807, 2.05) is 0 Å². The topological polar surface area (TPSA) is 99.7 Å². The second-order valence-corrected chi connectivity index (χ2v) is 8.43. The SMILES string of the molecule is CC(=O)Nc1ccc(S(=O)(=O)N2CCN(C(=O)c3cscn3)CC2)cc1. The molecule has 2 amide bonds. The molecule has 138 valence electrons. The van der Waals surface area contributed by atoms with Crippen LogP contribution in [-0.4, -0.2) is 60.6 Å². The molecule has 1 aliphatic heterocycles. The van der Waals surface area contributed by atoms with E-state index in [1.165, 1.54) is 34.7 Å². The summed E-state index contributed by atoms with van der Waals surface area (Å²) in [6.45, 7) is 2.48. The van der Waals surface area contributed by atoms with Gasteiger partial charge >= 0.3 is 0 Å². The van der Waals surface area contributed by atoms with Crippen molar-refractivity contribution in [2.45, 2.75) is 11.8 Å². The predicted octanol–water partition coefficient (Wildman–Crippen LogP) is 1.25. The van der Waals surface area contributed by atoms with Gasteiger partial charge in [0.25, 0.3) is 5.91 Å². The zero-order valence-corrected chi connectivity index (χ0v) is 15.7.